The van der Waals surface area contributed by atoms with Crippen molar-refractivity contribution >= 4 is 53.1 Å². The van der Waals surface area contributed by atoms with E-state index < -0.39 is 50.9 Å². The van der Waals surface area contributed by atoms with Gasteiger partial charge in [-0.2, -0.15) is 5.09 Å². The van der Waals surface area contributed by atoms with Crippen LogP contribution in [0.4, 0.5) is 5.82 Å². The number of fused-ring (bicyclic) bond motifs is 2. The van der Waals surface area contributed by atoms with Gasteiger partial charge in [0.1, 0.15) is 43.0 Å². The first-order valence-corrected chi connectivity index (χ1v) is 16.1. The topological polar surface area (TPSA) is 193 Å². The summed E-state index contributed by atoms with van der Waals surface area (Å²) >= 11 is 6.33. The number of hydrogen-bond acceptors (Lipinski definition) is 12. The van der Waals surface area contributed by atoms with Gasteiger partial charge in [-0.05, 0) is 35.5 Å². The molecule has 1 aliphatic heterocycles. The second kappa shape index (κ2) is 13.3. The molecule has 6 atom stereocenters. The van der Waals surface area contributed by atoms with Crippen LogP contribution in [0.15, 0.2) is 79.1 Å². The molecule has 5 N–H and O–H groups in total. The minimum absolute atomic E-state index is 0.00444. The predicted molar refractivity (Wildman–Crippen MR) is 168 cm³/mol. The maximum atomic E-state index is 14.3. The number of aliphatic hydroxyl groups is 2. The summed E-state index contributed by atoms with van der Waals surface area (Å²) in [6.07, 6.45) is -4.31. The summed E-state index contributed by atoms with van der Waals surface area (Å²) in [5.74, 6) is -0.421. The average Bonchev–Trinajstić information content (AvgIpc) is 3.54. The van der Waals surface area contributed by atoms with Crippen molar-refractivity contribution in [2.45, 2.75) is 44.1 Å². The van der Waals surface area contributed by atoms with Gasteiger partial charge in [-0.3, -0.25) is 13.9 Å². The average molecular weight is 669 g/mol. The van der Waals surface area contributed by atoms with E-state index in [0.717, 1.165) is 10.9 Å². The number of ether oxygens (including phenoxy) is 2. The van der Waals surface area contributed by atoms with Crippen molar-refractivity contribution in [1.82, 2.24) is 24.6 Å². The number of nitrogens with zero attached hydrogens (tertiary/aromatic N) is 4. The highest BCUT2D eigenvalue weighted by Gasteiger charge is 2.47. The molecule has 0 bridgehead atoms. The fraction of sp³-hybridized carbons (Fsp3) is 0.267. The van der Waals surface area contributed by atoms with Gasteiger partial charge in [0.05, 0.1) is 6.61 Å². The summed E-state index contributed by atoms with van der Waals surface area (Å²) in [5, 5.41) is 25.8. The first-order chi connectivity index (χ1) is 22.1. The number of nitrogens with one attached hydrogen (secondary N) is 1. The Morgan fingerprint density at radius 3 is 2.63 bits per heavy atom. The van der Waals surface area contributed by atoms with Crippen LogP contribution in [0.2, 0.25) is 5.28 Å². The second-order valence-corrected chi connectivity index (χ2v) is 12.6. The molecule has 16 heteroatoms. The van der Waals surface area contributed by atoms with Crippen LogP contribution in [0.1, 0.15) is 18.7 Å². The van der Waals surface area contributed by atoms with Crippen molar-refractivity contribution in [3.8, 4) is 5.75 Å². The van der Waals surface area contributed by atoms with Crippen LogP contribution < -0.4 is 15.3 Å². The third-order valence-electron chi connectivity index (χ3n) is 7.36. The Labute approximate surface area is 267 Å². The van der Waals surface area contributed by atoms with Crippen LogP contribution in [0, 0.1) is 0 Å². The van der Waals surface area contributed by atoms with Crippen molar-refractivity contribution in [2.24, 2.45) is 0 Å². The van der Waals surface area contributed by atoms with Gasteiger partial charge in [0.2, 0.25) is 5.28 Å². The number of rotatable bonds is 11. The highest BCUT2D eigenvalue weighted by molar-refractivity contribution is 7.52. The Bertz CT molecular complexity index is 1910. The number of carbonyl (C=O) groups excluding carboxylic acids is 1. The van der Waals surface area contributed by atoms with Gasteiger partial charge in [0.15, 0.2) is 23.2 Å². The quantitative estimate of drug-likeness (QED) is 0.0904. The lowest BCUT2D eigenvalue weighted by atomic mass is 10.1. The number of anilines is 1. The van der Waals surface area contributed by atoms with Crippen LogP contribution in [0.3, 0.4) is 0 Å². The predicted octanol–water partition coefficient (Wildman–Crippen LogP) is 3.76. The van der Waals surface area contributed by atoms with Gasteiger partial charge in [-0.25, -0.2) is 19.5 Å². The maximum absolute atomic E-state index is 14.3. The Hall–Kier alpha value is -4.14. The number of imidazole rings is 1. The molecule has 240 valence electrons. The second-order valence-electron chi connectivity index (χ2n) is 10.5. The number of benzene rings is 3. The van der Waals surface area contributed by atoms with Crippen molar-refractivity contribution in [2.75, 3.05) is 12.3 Å². The van der Waals surface area contributed by atoms with Crippen LogP contribution in [-0.2, 0) is 30.0 Å². The molecule has 0 spiro atoms. The molecule has 1 aliphatic rings. The van der Waals surface area contributed by atoms with Gasteiger partial charge < -0.3 is 29.9 Å². The zero-order valence-electron chi connectivity index (χ0n) is 24.3. The number of nitrogen functional groups attached to an aromatic ring is 1. The lowest BCUT2D eigenvalue weighted by Crippen LogP contribution is -2.37. The SMILES string of the molecule is C[C@@H](N[P@@](=O)(OC[C@H]1O[C@@H](n2c(Cl)nc3c(N)ncnc32)[C@H](O)[C@H]1O)Oc1cccc2ccccc12)C(=O)OCc1ccccc1. The lowest BCUT2D eigenvalue weighted by Gasteiger charge is -2.25. The summed E-state index contributed by atoms with van der Waals surface area (Å²) < 4.78 is 38.6. The molecule has 0 amide bonds. The Balaban J connectivity index is 1.22. The first kappa shape index (κ1) is 31.8. The fourth-order valence-electron chi connectivity index (χ4n) is 5.02. The molecule has 5 aromatic rings. The molecular formula is C30H30ClN6O8P. The Morgan fingerprint density at radius 2 is 1.83 bits per heavy atom. The molecule has 6 rings (SSSR count). The highest BCUT2D eigenvalue weighted by atomic mass is 35.5. The molecule has 3 aromatic carbocycles. The Kier molecular flexibility index (Phi) is 9.20. The number of esters is 1. The van der Waals surface area contributed by atoms with Crippen LogP contribution in [-0.4, -0.2) is 66.7 Å². The number of aliphatic hydroxyl groups excluding tert-OH is 2. The van der Waals surface area contributed by atoms with Crippen molar-refractivity contribution in [3.63, 3.8) is 0 Å². The van der Waals surface area contributed by atoms with Crippen LogP contribution in [0.25, 0.3) is 21.9 Å². The zero-order valence-corrected chi connectivity index (χ0v) is 26.0. The van der Waals surface area contributed by atoms with E-state index in [4.69, 9.17) is 35.9 Å². The molecule has 0 aliphatic carbocycles. The van der Waals surface area contributed by atoms with Gasteiger partial charge >= 0.3 is 13.7 Å². The van der Waals surface area contributed by atoms with Crippen molar-refractivity contribution < 1.29 is 38.1 Å². The van der Waals surface area contributed by atoms with Crippen LogP contribution >= 0.6 is 19.3 Å². The van der Waals surface area contributed by atoms with E-state index in [9.17, 15) is 19.6 Å². The summed E-state index contributed by atoms with van der Waals surface area (Å²) in [7, 11) is -4.39. The minimum Gasteiger partial charge on any atom is -0.460 e. The normalized spacial score (nSPS) is 21.7. The zero-order chi connectivity index (χ0) is 32.4. The number of hydrogen-bond donors (Lipinski definition) is 4. The van der Waals surface area contributed by atoms with Gasteiger partial charge in [0, 0.05) is 5.39 Å². The van der Waals surface area contributed by atoms with E-state index in [-0.39, 0.29) is 34.6 Å². The number of nitrogens with two attached hydrogens (primary N) is 1. The summed E-state index contributed by atoms with van der Waals surface area (Å²) in [4.78, 5) is 25.1. The molecule has 2 aromatic heterocycles. The molecule has 46 heavy (non-hydrogen) atoms. The van der Waals surface area contributed by atoms with Gasteiger partial charge in [-0.1, -0.05) is 66.7 Å². The molecule has 3 heterocycles. The van der Waals surface area contributed by atoms with E-state index in [1.807, 2.05) is 36.4 Å². The van der Waals surface area contributed by atoms with Gasteiger partial charge in [0.25, 0.3) is 0 Å². The molecule has 0 unspecified atom stereocenters. The monoisotopic (exact) mass is 668 g/mol. The summed E-state index contributed by atoms with van der Waals surface area (Å²) in [5.41, 5.74) is 7.01. The summed E-state index contributed by atoms with van der Waals surface area (Å²) in [6, 6.07) is 20.4. The summed E-state index contributed by atoms with van der Waals surface area (Å²) in [6.45, 7) is 0.928. The van der Waals surface area contributed by atoms with E-state index in [1.54, 1.807) is 36.4 Å². The molecule has 14 nitrogen and oxygen atoms in total. The molecular weight excluding hydrogens is 639 g/mol. The number of aromatic nitrogens is 4. The molecule has 1 saturated heterocycles. The smallest absolute Gasteiger partial charge is 0.459 e. The highest BCUT2D eigenvalue weighted by Crippen LogP contribution is 2.48. The maximum Gasteiger partial charge on any atom is 0.459 e. The van der Waals surface area contributed by atoms with E-state index in [2.05, 4.69) is 20.0 Å². The Morgan fingerprint density at radius 1 is 1.09 bits per heavy atom. The third kappa shape index (κ3) is 6.55. The number of halogens is 1. The van der Waals surface area contributed by atoms with Crippen molar-refractivity contribution in [3.05, 3.63) is 90.0 Å². The molecule has 0 saturated carbocycles. The van der Waals surface area contributed by atoms with Crippen LogP contribution in [0.5, 0.6) is 5.75 Å². The standard InChI is InChI=1S/C30H30ClN6O8P/c1-17(29(40)42-14-18-8-3-2-4-9-18)36-46(41,45-21-13-7-11-19-10-5-6-12-20(19)21)43-15-22-24(38)25(39)28(44-22)37-27-23(35-30(37)31)26(32)33-16-34-27/h2-13,16-17,22,24-25,28,38-39H,14-15H2,1H3,(H,36,41)(H2,32,33,34)/t17-,22-,24+,25-,28-,46-/m1/s1. The van der Waals surface area contributed by atoms with E-state index in [0.29, 0.717) is 5.39 Å². The van der Waals surface area contributed by atoms with E-state index >= 15 is 0 Å². The first-order valence-electron chi connectivity index (χ1n) is 14.2. The number of carbonyl (C=O) groups is 1. The lowest BCUT2D eigenvalue weighted by molar-refractivity contribution is -0.146. The van der Waals surface area contributed by atoms with Gasteiger partial charge in [-0.15, -0.1) is 0 Å². The fourth-order valence-corrected chi connectivity index (χ4v) is 6.80. The largest absolute Gasteiger partial charge is 0.460 e. The minimum atomic E-state index is -4.39. The third-order valence-corrected chi connectivity index (χ3v) is 9.26. The molecule has 1 fully saturated rings. The van der Waals surface area contributed by atoms with E-state index in [1.165, 1.54) is 17.8 Å². The van der Waals surface area contributed by atoms with Crippen molar-refractivity contribution in [1.29, 1.82) is 0 Å². The molecule has 0 radical (unpaired) electrons.